The van der Waals surface area contributed by atoms with E-state index in [1.807, 2.05) is 18.2 Å². The lowest BCUT2D eigenvalue weighted by Crippen LogP contribution is -2.30. The average molecular weight is 301 g/mol. The van der Waals surface area contributed by atoms with E-state index in [0.29, 0.717) is 24.1 Å². The van der Waals surface area contributed by atoms with E-state index in [2.05, 4.69) is 11.9 Å². The Hall–Kier alpha value is -2.23. The van der Waals surface area contributed by atoms with Crippen LogP contribution < -0.4 is 14.8 Å². The second kappa shape index (κ2) is 8.27. The number of methoxy groups -OCH3 is 1. The molecule has 1 aromatic carbocycles. The Labute approximate surface area is 131 Å². The van der Waals surface area contributed by atoms with Crippen LogP contribution in [0.25, 0.3) is 6.08 Å². The van der Waals surface area contributed by atoms with Gasteiger partial charge >= 0.3 is 0 Å². The second-order valence-electron chi connectivity index (χ2n) is 5.33. The molecule has 0 atom stereocenters. The summed E-state index contributed by atoms with van der Waals surface area (Å²) >= 11 is 0. The third kappa shape index (κ3) is 4.65. The molecule has 118 valence electrons. The molecule has 1 fully saturated rings. The smallest absolute Gasteiger partial charge is 0.244 e. The van der Waals surface area contributed by atoms with Crippen LogP contribution in [-0.2, 0) is 4.79 Å². The Morgan fingerprint density at radius 2 is 2.14 bits per heavy atom. The number of carbonyl (C=O) groups is 1. The largest absolute Gasteiger partial charge is 0.493 e. The molecule has 4 nitrogen and oxygen atoms in total. The van der Waals surface area contributed by atoms with E-state index >= 15 is 0 Å². The van der Waals surface area contributed by atoms with Gasteiger partial charge in [-0.15, -0.1) is 0 Å². The summed E-state index contributed by atoms with van der Waals surface area (Å²) in [4.78, 5) is 11.9. The highest BCUT2D eigenvalue weighted by Gasteiger charge is 2.15. The standard InChI is InChI=1S/C18H23NO3/c1-3-12-22-16-10-8-14(13-17(16)21-2)9-11-18(20)19-15-6-4-5-7-15/h3,8-11,13,15H,1,4-7,12H2,2H3,(H,19,20)/b11-9+. The van der Waals surface area contributed by atoms with Crippen molar-refractivity contribution in [1.82, 2.24) is 5.32 Å². The minimum Gasteiger partial charge on any atom is -0.493 e. The zero-order chi connectivity index (χ0) is 15.8. The number of benzene rings is 1. The topological polar surface area (TPSA) is 47.6 Å². The fourth-order valence-corrected chi connectivity index (χ4v) is 2.55. The van der Waals surface area contributed by atoms with Gasteiger partial charge < -0.3 is 14.8 Å². The maximum Gasteiger partial charge on any atom is 0.244 e. The van der Waals surface area contributed by atoms with Crippen molar-refractivity contribution in [3.8, 4) is 11.5 Å². The van der Waals surface area contributed by atoms with Gasteiger partial charge in [0.2, 0.25) is 5.91 Å². The van der Waals surface area contributed by atoms with E-state index in [-0.39, 0.29) is 5.91 Å². The van der Waals surface area contributed by atoms with Gasteiger partial charge in [-0.3, -0.25) is 4.79 Å². The van der Waals surface area contributed by atoms with Crippen molar-refractivity contribution in [2.45, 2.75) is 31.7 Å². The monoisotopic (exact) mass is 301 g/mol. The average Bonchev–Trinajstić information content (AvgIpc) is 3.04. The minimum atomic E-state index is -0.0437. The summed E-state index contributed by atoms with van der Waals surface area (Å²) in [7, 11) is 1.59. The number of nitrogens with one attached hydrogen (secondary N) is 1. The fourth-order valence-electron chi connectivity index (χ4n) is 2.55. The van der Waals surface area contributed by atoms with Crippen LogP contribution in [0.5, 0.6) is 11.5 Å². The van der Waals surface area contributed by atoms with Gasteiger partial charge in [-0.2, -0.15) is 0 Å². The van der Waals surface area contributed by atoms with Gasteiger partial charge in [0, 0.05) is 12.1 Å². The molecule has 1 aliphatic rings. The van der Waals surface area contributed by atoms with Gasteiger partial charge in [-0.1, -0.05) is 31.6 Å². The van der Waals surface area contributed by atoms with E-state index in [1.54, 1.807) is 25.3 Å². The predicted molar refractivity (Wildman–Crippen MR) is 88.1 cm³/mol. The Morgan fingerprint density at radius 1 is 1.36 bits per heavy atom. The lowest BCUT2D eigenvalue weighted by Gasteiger charge is -2.10. The van der Waals surface area contributed by atoms with Crippen molar-refractivity contribution in [3.63, 3.8) is 0 Å². The minimum absolute atomic E-state index is 0.0437. The van der Waals surface area contributed by atoms with E-state index in [0.717, 1.165) is 18.4 Å². The number of carbonyl (C=O) groups excluding carboxylic acids is 1. The van der Waals surface area contributed by atoms with Gasteiger partial charge in [-0.25, -0.2) is 0 Å². The molecule has 0 radical (unpaired) electrons. The lowest BCUT2D eigenvalue weighted by atomic mass is 10.2. The van der Waals surface area contributed by atoms with E-state index in [9.17, 15) is 4.79 Å². The molecule has 0 bridgehead atoms. The molecule has 4 heteroatoms. The van der Waals surface area contributed by atoms with Gasteiger partial charge in [-0.05, 0) is 36.6 Å². The summed E-state index contributed by atoms with van der Waals surface area (Å²) in [6, 6.07) is 5.90. The van der Waals surface area contributed by atoms with Crippen molar-refractivity contribution in [1.29, 1.82) is 0 Å². The SMILES string of the molecule is C=CCOc1ccc(/C=C/C(=O)NC2CCCC2)cc1OC. The molecule has 1 saturated carbocycles. The van der Waals surface area contributed by atoms with Crippen LogP contribution in [-0.4, -0.2) is 25.7 Å². The molecule has 1 N–H and O–H groups in total. The van der Waals surface area contributed by atoms with Gasteiger partial charge in [0.05, 0.1) is 7.11 Å². The molecular formula is C18H23NO3. The Balaban J connectivity index is 1.97. The van der Waals surface area contributed by atoms with E-state index < -0.39 is 0 Å². The number of hydrogen-bond acceptors (Lipinski definition) is 3. The summed E-state index contributed by atoms with van der Waals surface area (Å²) in [6.07, 6.45) is 9.61. The molecular weight excluding hydrogens is 278 g/mol. The van der Waals surface area contributed by atoms with Gasteiger partial charge in [0.1, 0.15) is 6.61 Å². The first kappa shape index (κ1) is 16.1. The number of ether oxygens (including phenoxy) is 2. The molecule has 0 unspecified atom stereocenters. The molecule has 1 aromatic rings. The third-order valence-electron chi connectivity index (χ3n) is 3.67. The van der Waals surface area contributed by atoms with E-state index in [1.165, 1.54) is 12.8 Å². The molecule has 1 aliphatic carbocycles. The van der Waals surface area contributed by atoms with Crippen LogP contribution in [0.2, 0.25) is 0 Å². The van der Waals surface area contributed by atoms with Crippen LogP contribution >= 0.6 is 0 Å². The first-order valence-corrected chi connectivity index (χ1v) is 7.63. The molecule has 0 aliphatic heterocycles. The van der Waals surface area contributed by atoms with Crippen LogP contribution in [0.1, 0.15) is 31.2 Å². The lowest BCUT2D eigenvalue weighted by molar-refractivity contribution is -0.117. The summed E-state index contributed by atoms with van der Waals surface area (Å²) in [5.41, 5.74) is 0.893. The van der Waals surface area contributed by atoms with Crippen LogP contribution in [0.15, 0.2) is 36.9 Å². The molecule has 2 rings (SSSR count). The van der Waals surface area contributed by atoms with Crippen molar-refractivity contribution < 1.29 is 14.3 Å². The Bertz CT molecular complexity index is 545. The van der Waals surface area contributed by atoms with Crippen LogP contribution in [0.3, 0.4) is 0 Å². The normalized spacial score (nSPS) is 15.0. The third-order valence-corrected chi connectivity index (χ3v) is 3.67. The number of hydrogen-bond donors (Lipinski definition) is 1. The van der Waals surface area contributed by atoms with Crippen molar-refractivity contribution in [2.75, 3.05) is 13.7 Å². The number of amides is 1. The highest BCUT2D eigenvalue weighted by Crippen LogP contribution is 2.28. The molecule has 0 saturated heterocycles. The molecule has 1 amide bonds. The van der Waals surface area contributed by atoms with Gasteiger partial charge in [0.25, 0.3) is 0 Å². The quantitative estimate of drug-likeness (QED) is 0.621. The zero-order valence-electron chi connectivity index (χ0n) is 13.0. The molecule has 22 heavy (non-hydrogen) atoms. The summed E-state index contributed by atoms with van der Waals surface area (Å²) in [5.74, 6) is 1.26. The van der Waals surface area contributed by atoms with Gasteiger partial charge in [0.15, 0.2) is 11.5 Å². The van der Waals surface area contributed by atoms with Crippen molar-refractivity contribution in [2.24, 2.45) is 0 Å². The van der Waals surface area contributed by atoms with Crippen LogP contribution in [0.4, 0.5) is 0 Å². The molecule has 0 aromatic heterocycles. The first-order chi connectivity index (χ1) is 10.7. The first-order valence-electron chi connectivity index (χ1n) is 7.63. The van der Waals surface area contributed by atoms with Crippen molar-refractivity contribution in [3.05, 3.63) is 42.5 Å². The number of rotatable bonds is 7. The highest BCUT2D eigenvalue weighted by atomic mass is 16.5. The molecule has 0 spiro atoms. The summed E-state index contributed by atoms with van der Waals surface area (Å²) < 4.78 is 10.8. The fraction of sp³-hybridized carbons (Fsp3) is 0.389. The Kier molecular flexibility index (Phi) is 6.07. The predicted octanol–water partition coefficient (Wildman–Crippen LogP) is 3.33. The summed E-state index contributed by atoms with van der Waals surface area (Å²) in [6.45, 7) is 4.04. The second-order valence-corrected chi connectivity index (χ2v) is 5.33. The molecule has 0 heterocycles. The summed E-state index contributed by atoms with van der Waals surface area (Å²) in [5, 5.41) is 3.02. The highest BCUT2D eigenvalue weighted by molar-refractivity contribution is 5.92. The Morgan fingerprint density at radius 3 is 2.82 bits per heavy atom. The maximum absolute atomic E-state index is 11.9. The van der Waals surface area contributed by atoms with E-state index in [4.69, 9.17) is 9.47 Å². The van der Waals surface area contributed by atoms with Crippen molar-refractivity contribution >= 4 is 12.0 Å². The zero-order valence-corrected chi connectivity index (χ0v) is 13.0. The van der Waals surface area contributed by atoms with Crippen LogP contribution in [0, 0.1) is 0 Å². The maximum atomic E-state index is 11.9.